The van der Waals surface area contributed by atoms with E-state index in [-0.39, 0.29) is 0 Å². The van der Waals surface area contributed by atoms with Gasteiger partial charge in [0, 0.05) is 36.1 Å². The molecule has 27 heavy (non-hydrogen) atoms. The highest BCUT2D eigenvalue weighted by atomic mass is 16.5. The van der Waals surface area contributed by atoms with Gasteiger partial charge in [-0.05, 0) is 60.7 Å². The van der Waals surface area contributed by atoms with Crippen molar-refractivity contribution >= 4 is 11.0 Å². The molecular weight excluding hydrogens is 334 g/mol. The third-order valence-electron chi connectivity index (χ3n) is 4.74. The Hall–Kier alpha value is -3.14. The van der Waals surface area contributed by atoms with Crippen LogP contribution in [0.4, 0.5) is 0 Å². The molecule has 0 unspecified atom stereocenters. The summed E-state index contributed by atoms with van der Waals surface area (Å²) in [5, 5.41) is 1.18. The molecule has 3 aromatic heterocycles. The van der Waals surface area contributed by atoms with E-state index in [1.54, 1.807) is 0 Å². The number of nitrogens with zero attached hydrogens (tertiary/aromatic N) is 2. The Balaban J connectivity index is 1.42. The first-order chi connectivity index (χ1) is 13.3. The molecule has 0 saturated heterocycles. The molecule has 0 atom stereocenters. The lowest BCUT2D eigenvalue weighted by Gasteiger charge is -2.09. The van der Waals surface area contributed by atoms with E-state index >= 15 is 0 Å². The normalized spacial score (nSPS) is 11.0. The fourth-order valence-electron chi connectivity index (χ4n) is 3.36. The van der Waals surface area contributed by atoms with Crippen LogP contribution in [0.2, 0.25) is 0 Å². The molecule has 0 aliphatic heterocycles. The number of rotatable bonds is 7. The molecule has 4 heteroatoms. The Labute approximate surface area is 159 Å². The van der Waals surface area contributed by atoms with Gasteiger partial charge >= 0.3 is 0 Å². The summed E-state index contributed by atoms with van der Waals surface area (Å²) in [6.07, 6.45) is 8.52. The van der Waals surface area contributed by atoms with Crippen molar-refractivity contribution in [3.05, 3.63) is 89.5 Å². The van der Waals surface area contributed by atoms with E-state index in [1.165, 1.54) is 22.1 Å². The summed E-state index contributed by atoms with van der Waals surface area (Å²) in [7, 11) is 0. The molecular formula is C23H23N3O. The lowest BCUT2D eigenvalue weighted by atomic mass is 10.0. The van der Waals surface area contributed by atoms with Gasteiger partial charge in [-0.3, -0.25) is 4.98 Å². The summed E-state index contributed by atoms with van der Waals surface area (Å²) in [5.41, 5.74) is 5.73. The first-order valence-electron chi connectivity index (χ1n) is 9.39. The lowest BCUT2D eigenvalue weighted by Crippen LogP contribution is -2.00. The number of hydrogen-bond donors (Lipinski definition) is 1. The minimum atomic E-state index is 0.688. The molecule has 1 N–H and O–H groups in total. The molecule has 136 valence electrons. The van der Waals surface area contributed by atoms with Crippen LogP contribution in [0, 0.1) is 0 Å². The summed E-state index contributed by atoms with van der Waals surface area (Å²) in [4.78, 5) is 12.2. The minimum absolute atomic E-state index is 0.688. The highest BCUT2D eigenvalue weighted by Crippen LogP contribution is 2.21. The van der Waals surface area contributed by atoms with Gasteiger partial charge in [-0.1, -0.05) is 24.3 Å². The molecule has 0 amide bonds. The Morgan fingerprint density at radius 3 is 2.70 bits per heavy atom. The maximum Gasteiger partial charge on any atom is 0.137 e. The van der Waals surface area contributed by atoms with Crippen LogP contribution in [0.1, 0.15) is 29.3 Å². The number of benzene rings is 1. The molecule has 1 aromatic carbocycles. The van der Waals surface area contributed by atoms with Crippen molar-refractivity contribution in [3.8, 4) is 5.75 Å². The van der Waals surface area contributed by atoms with Crippen molar-refractivity contribution in [2.24, 2.45) is 0 Å². The van der Waals surface area contributed by atoms with Crippen LogP contribution in [0.15, 0.2) is 67.1 Å². The number of fused-ring (bicyclic) bond motifs is 1. The number of pyridine rings is 2. The lowest BCUT2D eigenvalue weighted by molar-refractivity contribution is 0.336. The molecule has 4 aromatic rings. The number of ether oxygens (including phenoxy) is 1. The van der Waals surface area contributed by atoms with Crippen molar-refractivity contribution in [1.82, 2.24) is 15.0 Å². The van der Waals surface area contributed by atoms with Crippen molar-refractivity contribution in [2.45, 2.75) is 26.2 Å². The molecule has 0 spiro atoms. The molecule has 3 heterocycles. The average molecular weight is 357 g/mol. The quantitative estimate of drug-likeness (QED) is 0.520. The van der Waals surface area contributed by atoms with Gasteiger partial charge in [0.25, 0.3) is 0 Å². The van der Waals surface area contributed by atoms with Gasteiger partial charge in [-0.15, -0.1) is 0 Å². The van der Waals surface area contributed by atoms with E-state index in [9.17, 15) is 0 Å². The summed E-state index contributed by atoms with van der Waals surface area (Å²) in [6, 6.07) is 16.6. The smallest absolute Gasteiger partial charge is 0.137 e. The topological polar surface area (TPSA) is 50.8 Å². The third kappa shape index (κ3) is 4.00. The van der Waals surface area contributed by atoms with Gasteiger partial charge in [0.05, 0.1) is 6.61 Å². The molecule has 0 aliphatic carbocycles. The Kier molecular flexibility index (Phi) is 5.15. The van der Waals surface area contributed by atoms with Gasteiger partial charge in [-0.2, -0.15) is 0 Å². The minimum Gasteiger partial charge on any atom is -0.494 e. The third-order valence-corrected chi connectivity index (χ3v) is 4.74. The fraction of sp³-hybridized carbons (Fsp3) is 0.217. The molecule has 0 bridgehead atoms. The van der Waals surface area contributed by atoms with E-state index in [0.717, 1.165) is 36.4 Å². The fourth-order valence-corrected chi connectivity index (χ4v) is 3.36. The second-order valence-corrected chi connectivity index (χ2v) is 6.59. The first-order valence-corrected chi connectivity index (χ1v) is 9.39. The van der Waals surface area contributed by atoms with Crippen LogP contribution in [-0.2, 0) is 19.3 Å². The number of nitrogens with one attached hydrogen (secondary N) is 1. The predicted molar refractivity (Wildman–Crippen MR) is 108 cm³/mol. The van der Waals surface area contributed by atoms with Crippen LogP contribution in [0.25, 0.3) is 11.0 Å². The van der Waals surface area contributed by atoms with E-state index in [0.29, 0.717) is 6.61 Å². The average Bonchev–Trinajstić information content (AvgIpc) is 3.12. The molecule has 0 radical (unpaired) electrons. The predicted octanol–water partition coefficient (Wildman–Crippen LogP) is 4.73. The summed E-state index contributed by atoms with van der Waals surface area (Å²) >= 11 is 0. The molecule has 0 aliphatic rings. The highest BCUT2D eigenvalue weighted by Gasteiger charge is 2.07. The maximum absolute atomic E-state index is 5.71. The number of aryl methyl sites for hydroxylation is 2. The van der Waals surface area contributed by atoms with Crippen LogP contribution >= 0.6 is 0 Å². The van der Waals surface area contributed by atoms with Crippen molar-refractivity contribution < 1.29 is 4.74 Å². The van der Waals surface area contributed by atoms with Crippen LogP contribution in [0.5, 0.6) is 5.75 Å². The summed E-state index contributed by atoms with van der Waals surface area (Å²) in [6.45, 7) is 2.70. The number of aromatic amines is 1. The molecule has 0 saturated carbocycles. The Morgan fingerprint density at radius 2 is 1.85 bits per heavy atom. The van der Waals surface area contributed by atoms with E-state index in [4.69, 9.17) is 4.74 Å². The molecule has 4 nitrogen and oxygen atoms in total. The largest absolute Gasteiger partial charge is 0.494 e. The van der Waals surface area contributed by atoms with Crippen LogP contribution < -0.4 is 4.74 Å². The van der Waals surface area contributed by atoms with E-state index in [1.807, 2.05) is 43.7 Å². The van der Waals surface area contributed by atoms with Gasteiger partial charge < -0.3 is 9.72 Å². The zero-order valence-electron chi connectivity index (χ0n) is 15.5. The SMILES string of the molecule is CCOc1ccccc1CCc1ccc(Cc2c[nH]c3ncccc23)cn1. The van der Waals surface area contributed by atoms with Crippen molar-refractivity contribution in [3.63, 3.8) is 0 Å². The number of hydrogen-bond acceptors (Lipinski definition) is 3. The standard InChI is InChI=1S/C23H23N3O/c1-2-27-22-8-4-3-6-18(22)10-12-20-11-9-17(15-25-20)14-19-16-26-23-21(19)7-5-13-24-23/h3-9,11,13,15-16H,2,10,12,14H2,1H3,(H,24,26). The number of H-pyrrole nitrogens is 1. The van der Waals surface area contributed by atoms with Gasteiger partial charge in [-0.25, -0.2) is 4.98 Å². The second-order valence-electron chi connectivity index (χ2n) is 6.59. The number of aromatic nitrogens is 3. The van der Waals surface area contributed by atoms with E-state index < -0.39 is 0 Å². The van der Waals surface area contributed by atoms with Crippen molar-refractivity contribution in [2.75, 3.05) is 6.61 Å². The Bertz CT molecular complexity index is 1020. The monoisotopic (exact) mass is 357 g/mol. The zero-order valence-corrected chi connectivity index (χ0v) is 15.5. The second kappa shape index (κ2) is 8.04. The van der Waals surface area contributed by atoms with Crippen molar-refractivity contribution in [1.29, 1.82) is 0 Å². The highest BCUT2D eigenvalue weighted by molar-refractivity contribution is 5.79. The molecule has 4 rings (SSSR count). The first kappa shape index (κ1) is 17.3. The van der Waals surface area contributed by atoms with Crippen LogP contribution in [0.3, 0.4) is 0 Å². The van der Waals surface area contributed by atoms with Gasteiger partial charge in [0.1, 0.15) is 11.4 Å². The van der Waals surface area contributed by atoms with Gasteiger partial charge in [0.15, 0.2) is 0 Å². The molecule has 0 fully saturated rings. The van der Waals surface area contributed by atoms with Gasteiger partial charge in [0.2, 0.25) is 0 Å². The summed E-state index contributed by atoms with van der Waals surface area (Å²) < 4.78 is 5.71. The van der Waals surface area contributed by atoms with E-state index in [2.05, 4.69) is 45.3 Å². The Morgan fingerprint density at radius 1 is 0.926 bits per heavy atom. The van der Waals surface area contributed by atoms with Crippen LogP contribution in [-0.4, -0.2) is 21.6 Å². The zero-order chi connectivity index (χ0) is 18.5. The number of para-hydroxylation sites is 1. The maximum atomic E-state index is 5.71. The summed E-state index contributed by atoms with van der Waals surface area (Å²) in [5.74, 6) is 0.976.